The Labute approximate surface area is 392 Å². The monoisotopic (exact) mass is 889 g/mol. The molecule has 6 nitrogen and oxygen atoms in total. The molecule has 63 heavy (non-hydrogen) atoms. The molecule has 0 unspecified atom stereocenters. The summed E-state index contributed by atoms with van der Waals surface area (Å²) in [4.78, 5) is 38.0. The van der Waals surface area contributed by atoms with Crippen LogP contribution in [0.1, 0.15) is 316 Å². The molecule has 0 aliphatic carbocycles. The molecule has 0 spiro atoms. The van der Waals surface area contributed by atoms with Gasteiger partial charge in [0.1, 0.15) is 13.2 Å². The van der Waals surface area contributed by atoms with E-state index in [1.807, 2.05) is 0 Å². The number of carbonyl (C=O) groups is 3. The number of unbranched alkanes of at least 4 members (excludes halogenated alkanes) is 39. The highest BCUT2D eigenvalue weighted by Crippen LogP contribution is 2.17. The van der Waals surface area contributed by atoms with Crippen molar-refractivity contribution in [3.63, 3.8) is 0 Å². The number of ether oxygens (including phenoxy) is 3. The predicted molar refractivity (Wildman–Crippen MR) is 270 cm³/mol. The largest absolute Gasteiger partial charge is 0.462 e. The first-order valence-electron chi connectivity index (χ1n) is 28.2. The fraction of sp³-hybridized carbons (Fsp3) is 0.912. The molecule has 0 rings (SSSR count). The van der Waals surface area contributed by atoms with E-state index in [-0.39, 0.29) is 31.1 Å². The molecule has 0 fully saturated rings. The predicted octanol–water partition coefficient (Wildman–Crippen LogP) is 18.5. The highest BCUT2D eigenvalue weighted by atomic mass is 16.6. The zero-order chi connectivity index (χ0) is 45.8. The molecule has 0 aromatic heterocycles. The molecule has 0 saturated carbocycles. The van der Waals surface area contributed by atoms with Crippen LogP contribution < -0.4 is 0 Å². The van der Waals surface area contributed by atoms with Crippen LogP contribution in [0.5, 0.6) is 0 Å². The van der Waals surface area contributed by atoms with Gasteiger partial charge in [0, 0.05) is 19.3 Å². The van der Waals surface area contributed by atoms with Crippen LogP contribution >= 0.6 is 0 Å². The SMILES string of the molecule is CCCC/C=C\CCCCCCCC(=O)OC[C@H](COC(=O)CCCCCCCCCCCCCCCCCCCC)OC(=O)CCCCCCCCCCCCCCCCCC. The van der Waals surface area contributed by atoms with Crippen LogP contribution in [-0.2, 0) is 28.6 Å². The number of rotatable bonds is 52. The second-order valence-corrected chi connectivity index (χ2v) is 19.2. The fourth-order valence-electron chi connectivity index (χ4n) is 8.49. The molecule has 0 aromatic rings. The van der Waals surface area contributed by atoms with Crippen molar-refractivity contribution in [2.75, 3.05) is 13.2 Å². The molecule has 0 bridgehead atoms. The summed E-state index contributed by atoms with van der Waals surface area (Å²) in [5.41, 5.74) is 0. The molecule has 0 saturated heterocycles. The molecular formula is C57H108O6. The van der Waals surface area contributed by atoms with Crippen LogP contribution in [0.15, 0.2) is 12.2 Å². The molecule has 1 atom stereocenters. The Hall–Kier alpha value is -1.85. The molecule has 0 radical (unpaired) electrons. The Kier molecular flexibility index (Phi) is 51.2. The summed E-state index contributed by atoms with van der Waals surface area (Å²) >= 11 is 0. The van der Waals surface area contributed by atoms with Crippen molar-refractivity contribution >= 4 is 17.9 Å². The van der Waals surface area contributed by atoms with Gasteiger partial charge in [-0.3, -0.25) is 14.4 Å². The van der Waals surface area contributed by atoms with E-state index in [4.69, 9.17) is 14.2 Å². The first-order chi connectivity index (χ1) is 31.0. The summed E-state index contributed by atoms with van der Waals surface area (Å²) < 4.78 is 16.8. The van der Waals surface area contributed by atoms with E-state index in [1.165, 1.54) is 212 Å². The number of allylic oxidation sites excluding steroid dienone is 2. The van der Waals surface area contributed by atoms with E-state index >= 15 is 0 Å². The van der Waals surface area contributed by atoms with Gasteiger partial charge in [0.2, 0.25) is 0 Å². The summed E-state index contributed by atoms with van der Waals surface area (Å²) in [5, 5.41) is 0. The van der Waals surface area contributed by atoms with Crippen molar-refractivity contribution in [2.45, 2.75) is 322 Å². The van der Waals surface area contributed by atoms with Crippen LogP contribution in [0.4, 0.5) is 0 Å². The van der Waals surface area contributed by atoms with Crippen LogP contribution in [0.2, 0.25) is 0 Å². The lowest BCUT2D eigenvalue weighted by molar-refractivity contribution is -0.167. The van der Waals surface area contributed by atoms with Gasteiger partial charge in [-0.15, -0.1) is 0 Å². The summed E-state index contributed by atoms with van der Waals surface area (Å²) in [6.45, 7) is 6.65. The highest BCUT2D eigenvalue weighted by molar-refractivity contribution is 5.71. The second kappa shape index (κ2) is 52.8. The smallest absolute Gasteiger partial charge is 0.306 e. The number of carbonyl (C=O) groups excluding carboxylic acids is 3. The molecule has 6 heteroatoms. The van der Waals surface area contributed by atoms with E-state index in [2.05, 4.69) is 32.9 Å². The quantitative estimate of drug-likeness (QED) is 0.0262. The Morgan fingerprint density at radius 1 is 0.302 bits per heavy atom. The van der Waals surface area contributed by atoms with Gasteiger partial charge in [-0.25, -0.2) is 0 Å². The van der Waals surface area contributed by atoms with Crippen molar-refractivity contribution in [3.8, 4) is 0 Å². The Bertz CT molecular complexity index is 978. The minimum absolute atomic E-state index is 0.0667. The number of hydrogen-bond acceptors (Lipinski definition) is 6. The first kappa shape index (κ1) is 61.1. The van der Waals surface area contributed by atoms with Crippen LogP contribution in [0, 0.1) is 0 Å². The maximum atomic E-state index is 12.8. The van der Waals surface area contributed by atoms with Gasteiger partial charge in [0.05, 0.1) is 0 Å². The molecule has 0 aromatic carbocycles. The van der Waals surface area contributed by atoms with E-state index in [9.17, 15) is 14.4 Å². The zero-order valence-electron chi connectivity index (χ0n) is 42.6. The average molecular weight is 889 g/mol. The average Bonchev–Trinajstić information content (AvgIpc) is 3.28. The fourth-order valence-corrected chi connectivity index (χ4v) is 8.49. The molecule has 0 N–H and O–H groups in total. The van der Waals surface area contributed by atoms with Crippen molar-refractivity contribution < 1.29 is 28.6 Å². The van der Waals surface area contributed by atoms with Crippen molar-refractivity contribution in [1.29, 1.82) is 0 Å². The van der Waals surface area contributed by atoms with Crippen LogP contribution in [0.25, 0.3) is 0 Å². The molecule has 0 aliphatic heterocycles. The summed E-state index contributed by atoms with van der Waals surface area (Å²) in [6.07, 6.45) is 59.2. The Morgan fingerprint density at radius 2 is 0.540 bits per heavy atom. The maximum Gasteiger partial charge on any atom is 0.306 e. The Morgan fingerprint density at radius 3 is 0.841 bits per heavy atom. The van der Waals surface area contributed by atoms with Gasteiger partial charge >= 0.3 is 17.9 Å². The minimum atomic E-state index is -0.767. The van der Waals surface area contributed by atoms with Gasteiger partial charge in [0.15, 0.2) is 6.10 Å². The standard InChI is InChI=1S/C57H108O6/c1-4-7-10-13-16-19-22-24-26-28-29-31-32-35-38-41-44-47-50-56(59)62-53-54(52-61-55(58)49-46-43-40-37-34-21-18-15-12-9-6-3)63-57(60)51-48-45-42-39-36-33-30-27-25-23-20-17-14-11-8-5-2/h15,18,54H,4-14,16-17,19-53H2,1-3H3/b18-15-/t54-/m1/s1. The second-order valence-electron chi connectivity index (χ2n) is 19.2. The third-order valence-electron chi connectivity index (χ3n) is 12.8. The topological polar surface area (TPSA) is 78.9 Å². The normalized spacial score (nSPS) is 12.0. The summed E-state index contributed by atoms with van der Waals surface area (Å²) in [7, 11) is 0. The van der Waals surface area contributed by atoms with Gasteiger partial charge in [-0.1, -0.05) is 270 Å². The molecular weight excluding hydrogens is 781 g/mol. The minimum Gasteiger partial charge on any atom is -0.462 e. The lowest BCUT2D eigenvalue weighted by atomic mass is 10.0. The third-order valence-corrected chi connectivity index (χ3v) is 12.8. The Balaban J connectivity index is 4.27. The van der Waals surface area contributed by atoms with Crippen LogP contribution in [-0.4, -0.2) is 37.2 Å². The maximum absolute atomic E-state index is 12.8. The van der Waals surface area contributed by atoms with E-state index in [0.717, 1.165) is 64.2 Å². The van der Waals surface area contributed by atoms with Crippen LogP contribution in [0.3, 0.4) is 0 Å². The first-order valence-corrected chi connectivity index (χ1v) is 28.2. The zero-order valence-corrected chi connectivity index (χ0v) is 42.6. The van der Waals surface area contributed by atoms with Crippen molar-refractivity contribution in [2.24, 2.45) is 0 Å². The van der Waals surface area contributed by atoms with Gasteiger partial charge < -0.3 is 14.2 Å². The van der Waals surface area contributed by atoms with E-state index in [1.54, 1.807) is 0 Å². The van der Waals surface area contributed by atoms with Gasteiger partial charge in [-0.2, -0.15) is 0 Å². The molecule has 372 valence electrons. The molecule has 0 aliphatic rings. The molecule has 0 amide bonds. The van der Waals surface area contributed by atoms with Gasteiger partial charge in [-0.05, 0) is 38.5 Å². The summed E-state index contributed by atoms with van der Waals surface area (Å²) in [5.74, 6) is -0.855. The molecule has 0 heterocycles. The number of hydrogen-bond donors (Lipinski definition) is 0. The van der Waals surface area contributed by atoms with E-state index in [0.29, 0.717) is 19.3 Å². The lowest BCUT2D eigenvalue weighted by Gasteiger charge is -2.18. The van der Waals surface area contributed by atoms with Crippen molar-refractivity contribution in [1.82, 2.24) is 0 Å². The lowest BCUT2D eigenvalue weighted by Crippen LogP contribution is -2.30. The third kappa shape index (κ3) is 51.0. The highest BCUT2D eigenvalue weighted by Gasteiger charge is 2.19. The van der Waals surface area contributed by atoms with Gasteiger partial charge in [0.25, 0.3) is 0 Å². The van der Waals surface area contributed by atoms with Crippen molar-refractivity contribution in [3.05, 3.63) is 12.2 Å². The van der Waals surface area contributed by atoms with E-state index < -0.39 is 6.10 Å². The summed E-state index contributed by atoms with van der Waals surface area (Å²) in [6, 6.07) is 0. The number of esters is 3.